The van der Waals surface area contributed by atoms with Crippen LogP contribution in [-0.2, 0) is 0 Å². The van der Waals surface area contributed by atoms with Crippen LogP contribution in [0.25, 0.3) is 0 Å². The highest BCUT2D eigenvalue weighted by Crippen LogP contribution is 2.30. The molecule has 1 fully saturated rings. The number of para-hydroxylation sites is 1. The average Bonchev–Trinajstić information content (AvgIpc) is 2.46. The van der Waals surface area contributed by atoms with E-state index >= 15 is 0 Å². The topological polar surface area (TPSA) is 29.3 Å². The Morgan fingerprint density at radius 1 is 1.27 bits per heavy atom. The molecule has 0 bridgehead atoms. The lowest BCUT2D eigenvalue weighted by Crippen LogP contribution is -2.39. The molecule has 0 amide bonds. The lowest BCUT2D eigenvalue weighted by atomic mass is 10.0. The zero-order valence-electron chi connectivity index (χ0n) is 9.88. The molecule has 0 spiro atoms. The molecule has 15 heavy (non-hydrogen) atoms. The lowest BCUT2D eigenvalue weighted by Gasteiger charge is -2.25. The third-order valence-electron chi connectivity index (χ3n) is 3.26. The third kappa shape index (κ3) is 2.00. The van der Waals surface area contributed by atoms with Gasteiger partial charge in [-0.05, 0) is 38.3 Å². The lowest BCUT2D eigenvalue weighted by molar-refractivity contribution is 0.525. The van der Waals surface area contributed by atoms with Crippen molar-refractivity contribution in [3.63, 3.8) is 0 Å². The van der Waals surface area contributed by atoms with Gasteiger partial charge in [0.25, 0.3) is 0 Å². The normalized spacial score (nSPS) is 26.0. The van der Waals surface area contributed by atoms with E-state index in [1.807, 2.05) is 0 Å². The maximum absolute atomic E-state index is 6.16. The fourth-order valence-corrected chi connectivity index (χ4v) is 2.48. The largest absolute Gasteiger partial charge is 0.369 e. The molecule has 2 nitrogen and oxygen atoms in total. The fourth-order valence-electron chi connectivity index (χ4n) is 2.48. The van der Waals surface area contributed by atoms with Gasteiger partial charge in [0.2, 0.25) is 0 Å². The molecule has 1 aromatic carbocycles. The van der Waals surface area contributed by atoms with Crippen LogP contribution in [0.15, 0.2) is 18.2 Å². The Balaban J connectivity index is 2.31. The monoisotopic (exact) mass is 204 g/mol. The van der Waals surface area contributed by atoms with E-state index in [9.17, 15) is 0 Å². The molecule has 0 aliphatic carbocycles. The molecule has 1 aromatic rings. The van der Waals surface area contributed by atoms with Gasteiger partial charge < -0.3 is 10.6 Å². The molecular weight excluding hydrogens is 184 g/mol. The fraction of sp³-hybridized carbons (Fsp3) is 0.538. The summed E-state index contributed by atoms with van der Waals surface area (Å²) in [6, 6.07) is 6.47. The number of anilines is 1. The van der Waals surface area contributed by atoms with Gasteiger partial charge in [0.1, 0.15) is 0 Å². The smallest absolute Gasteiger partial charge is 0.0426 e. The minimum absolute atomic E-state index is 0.0191. The Morgan fingerprint density at radius 2 is 1.87 bits per heavy atom. The van der Waals surface area contributed by atoms with Crippen LogP contribution in [0.1, 0.15) is 24.5 Å². The number of hydrogen-bond donors (Lipinski definition) is 1. The summed E-state index contributed by atoms with van der Waals surface area (Å²) in [6.07, 6.45) is 1.08. The van der Waals surface area contributed by atoms with Crippen LogP contribution < -0.4 is 10.6 Å². The Hall–Kier alpha value is -1.02. The molecule has 0 saturated carbocycles. The Kier molecular flexibility index (Phi) is 2.47. The van der Waals surface area contributed by atoms with Crippen molar-refractivity contribution in [1.82, 2.24) is 0 Å². The molecular formula is C13H20N2. The second-order valence-electron chi connectivity index (χ2n) is 5.07. The van der Waals surface area contributed by atoms with Gasteiger partial charge in [0, 0.05) is 24.3 Å². The van der Waals surface area contributed by atoms with Gasteiger partial charge in [0.15, 0.2) is 0 Å². The van der Waals surface area contributed by atoms with Crippen molar-refractivity contribution in [2.24, 2.45) is 5.73 Å². The summed E-state index contributed by atoms with van der Waals surface area (Å²) >= 11 is 0. The van der Waals surface area contributed by atoms with Crippen LogP contribution >= 0.6 is 0 Å². The Labute approximate surface area is 92.1 Å². The quantitative estimate of drug-likeness (QED) is 0.760. The second-order valence-corrected chi connectivity index (χ2v) is 5.07. The van der Waals surface area contributed by atoms with E-state index in [0.717, 1.165) is 19.5 Å². The van der Waals surface area contributed by atoms with Gasteiger partial charge in [0.05, 0.1) is 0 Å². The van der Waals surface area contributed by atoms with E-state index in [1.54, 1.807) is 0 Å². The number of nitrogens with two attached hydrogens (primary N) is 1. The van der Waals surface area contributed by atoms with E-state index in [4.69, 9.17) is 5.73 Å². The average molecular weight is 204 g/mol. The van der Waals surface area contributed by atoms with Crippen molar-refractivity contribution < 1.29 is 0 Å². The summed E-state index contributed by atoms with van der Waals surface area (Å²) in [4.78, 5) is 2.42. The SMILES string of the molecule is Cc1cccc(C)c1N1CCC(C)(N)C1. The summed E-state index contributed by atoms with van der Waals surface area (Å²) < 4.78 is 0. The first-order valence-electron chi connectivity index (χ1n) is 5.60. The molecule has 1 atom stereocenters. The molecule has 2 N–H and O–H groups in total. The Morgan fingerprint density at radius 3 is 2.33 bits per heavy atom. The highest BCUT2D eigenvalue weighted by atomic mass is 15.2. The van der Waals surface area contributed by atoms with Crippen LogP contribution in [0.4, 0.5) is 5.69 Å². The molecule has 1 aliphatic rings. The van der Waals surface area contributed by atoms with E-state index in [1.165, 1.54) is 16.8 Å². The van der Waals surface area contributed by atoms with Crippen LogP contribution in [0.3, 0.4) is 0 Å². The van der Waals surface area contributed by atoms with Crippen molar-refractivity contribution >= 4 is 5.69 Å². The molecule has 0 radical (unpaired) electrons. The highest BCUT2D eigenvalue weighted by molar-refractivity contribution is 5.59. The van der Waals surface area contributed by atoms with Crippen LogP contribution in [-0.4, -0.2) is 18.6 Å². The first-order valence-corrected chi connectivity index (χ1v) is 5.60. The summed E-state index contributed by atoms with van der Waals surface area (Å²) in [5.74, 6) is 0. The first-order chi connectivity index (χ1) is 6.99. The van der Waals surface area contributed by atoms with Crippen molar-refractivity contribution in [2.75, 3.05) is 18.0 Å². The standard InChI is InChI=1S/C13H20N2/c1-10-5-4-6-11(2)12(10)15-8-7-13(3,14)9-15/h4-6H,7-9,14H2,1-3H3. The van der Waals surface area contributed by atoms with Crippen LogP contribution in [0.5, 0.6) is 0 Å². The van der Waals surface area contributed by atoms with Crippen molar-refractivity contribution in [2.45, 2.75) is 32.7 Å². The van der Waals surface area contributed by atoms with Crippen molar-refractivity contribution in [3.05, 3.63) is 29.3 Å². The Bertz CT molecular complexity index is 349. The van der Waals surface area contributed by atoms with Crippen molar-refractivity contribution in [3.8, 4) is 0 Å². The second kappa shape index (κ2) is 3.53. The van der Waals surface area contributed by atoms with Crippen LogP contribution in [0.2, 0.25) is 0 Å². The number of rotatable bonds is 1. The summed E-state index contributed by atoms with van der Waals surface area (Å²) in [5, 5.41) is 0. The zero-order valence-corrected chi connectivity index (χ0v) is 9.88. The van der Waals surface area contributed by atoms with Gasteiger partial charge in [-0.2, -0.15) is 0 Å². The number of hydrogen-bond acceptors (Lipinski definition) is 2. The molecule has 82 valence electrons. The maximum atomic E-state index is 6.16. The van der Waals surface area contributed by atoms with E-state index < -0.39 is 0 Å². The zero-order chi connectivity index (χ0) is 11.1. The predicted octanol–water partition coefficient (Wildman–Crippen LogP) is 2.23. The number of aryl methyl sites for hydroxylation is 2. The predicted molar refractivity (Wildman–Crippen MR) is 65.3 cm³/mol. The molecule has 1 saturated heterocycles. The maximum Gasteiger partial charge on any atom is 0.0426 e. The third-order valence-corrected chi connectivity index (χ3v) is 3.26. The number of nitrogens with zero attached hydrogens (tertiary/aromatic N) is 1. The molecule has 0 aromatic heterocycles. The summed E-state index contributed by atoms with van der Waals surface area (Å²) in [5.41, 5.74) is 10.2. The first kappa shape index (κ1) is 10.5. The van der Waals surface area contributed by atoms with E-state index in [2.05, 4.69) is 43.9 Å². The molecule has 1 heterocycles. The minimum atomic E-state index is -0.0191. The van der Waals surface area contributed by atoms with E-state index in [0.29, 0.717) is 0 Å². The van der Waals surface area contributed by atoms with Crippen molar-refractivity contribution in [1.29, 1.82) is 0 Å². The number of benzene rings is 1. The molecule has 2 heteroatoms. The summed E-state index contributed by atoms with van der Waals surface area (Å²) in [7, 11) is 0. The van der Waals surface area contributed by atoms with Gasteiger partial charge in [-0.15, -0.1) is 0 Å². The molecule has 1 unspecified atom stereocenters. The van der Waals surface area contributed by atoms with Gasteiger partial charge >= 0.3 is 0 Å². The van der Waals surface area contributed by atoms with Gasteiger partial charge in [-0.25, -0.2) is 0 Å². The van der Waals surface area contributed by atoms with Gasteiger partial charge in [-0.1, -0.05) is 18.2 Å². The summed E-state index contributed by atoms with van der Waals surface area (Å²) in [6.45, 7) is 8.54. The highest BCUT2D eigenvalue weighted by Gasteiger charge is 2.30. The van der Waals surface area contributed by atoms with Crippen LogP contribution in [0, 0.1) is 13.8 Å². The molecule has 2 rings (SSSR count). The van der Waals surface area contributed by atoms with Gasteiger partial charge in [-0.3, -0.25) is 0 Å². The minimum Gasteiger partial charge on any atom is -0.369 e. The van der Waals surface area contributed by atoms with E-state index in [-0.39, 0.29) is 5.54 Å². The molecule has 1 aliphatic heterocycles.